The van der Waals surface area contributed by atoms with Crippen LogP contribution in [0.15, 0.2) is 28.7 Å². The molecule has 1 aromatic heterocycles. The second-order valence-electron chi connectivity index (χ2n) is 7.47. The van der Waals surface area contributed by atoms with Gasteiger partial charge in [-0.25, -0.2) is 4.98 Å². The van der Waals surface area contributed by atoms with Crippen LogP contribution >= 0.6 is 15.9 Å². The molecule has 0 bridgehead atoms. The van der Waals surface area contributed by atoms with Gasteiger partial charge in [-0.3, -0.25) is 0 Å². The van der Waals surface area contributed by atoms with Gasteiger partial charge in [0.05, 0.1) is 16.9 Å². The molecule has 2 aromatic rings. The van der Waals surface area contributed by atoms with Crippen molar-refractivity contribution in [1.29, 1.82) is 0 Å². The lowest BCUT2D eigenvalue weighted by Crippen LogP contribution is -2.27. The zero-order valence-electron chi connectivity index (χ0n) is 14.7. The largest absolute Gasteiger partial charge is 0.416 e. The van der Waals surface area contributed by atoms with Crippen LogP contribution in [-0.4, -0.2) is 15.5 Å². The number of nitrogens with one attached hydrogen (secondary N) is 2. The van der Waals surface area contributed by atoms with Gasteiger partial charge in [0.1, 0.15) is 5.82 Å². The first kappa shape index (κ1) is 18.9. The monoisotopic (exact) mass is 428 g/mol. The third-order valence-electron chi connectivity index (χ3n) is 3.79. The van der Waals surface area contributed by atoms with Crippen molar-refractivity contribution in [3.63, 3.8) is 0 Å². The fraction of sp³-hybridized carbons (Fsp3) is 0.444. The van der Waals surface area contributed by atoms with E-state index in [0.717, 1.165) is 30.7 Å². The Balaban J connectivity index is 1.89. The van der Waals surface area contributed by atoms with E-state index >= 15 is 0 Å². The quantitative estimate of drug-likeness (QED) is 0.618. The molecule has 0 amide bonds. The molecule has 0 saturated heterocycles. The Morgan fingerprint density at radius 2 is 1.77 bits per heavy atom. The van der Waals surface area contributed by atoms with Crippen LogP contribution in [-0.2, 0) is 6.18 Å². The fourth-order valence-electron chi connectivity index (χ4n) is 2.44. The molecule has 0 unspecified atom stereocenters. The number of benzene rings is 1. The summed E-state index contributed by atoms with van der Waals surface area (Å²) in [5, 5.41) is 6.35. The summed E-state index contributed by atoms with van der Waals surface area (Å²) in [6.45, 7) is 6.04. The Morgan fingerprint density at radius 1 is 1.08 bits per heavy atom. The lowest BCUT2D eigenvalue weighted by atomic mass is 10.1. The lowest BCUT2D eigenvalue weighted by molar-refractivity contribution is -0.137. The van der Waals surface area contributed by atoms with E-state index in [1.165, 1.54) is 6.07 Å². The molecule has 0 atom stereocenters. The minimum Gasteiger partial charge on any atom is -0.350 e. The Hall–Kier alpha value is -1.83. The molecule has 1 fully saturated rings. The number of anilines is 3. The number of hydrogen-bond donors (Lipinski definition) is 2. The predicted octanol–water partition coefficient (Wildman–Crippen LogP) is 6.09. The van der Waals surface area contributed by atoms with Crippen molar-refractivity contribution in [2.75, 3.05) is 10.6 Å². The van der Waals surface area contributed by atoms with E-state index in [9.17, 15) is 13.2 Å². The van der Waals surface area contributed by atoms with Gasteiger partial charge < -0.3 is 10.6 Å². The summed E-state index contributed by atoms with van der Waals surface area (Å²) in [5.74, 6) is 1.48. The highest BCUT2D eigenvalue weighted by Gasteiger charge is 2.31. The van der Waals surface area contributed by atoms with Crippen LogP contribution in [0, 0.1) is 0 Å². The lowest BCUT2D eigenvalue weighted by Gasteiger charge is -2.21. The molecule has 0 spiro atoms. The first-order chi connectivity index (χ1) is 12.0. The summed E-state index contributed by atoms with van der Waals surface area (Å²) in [6, 6.07) is 5.35. The first-order valence-corrected chi connectivity index (χ1v) is 9.11. The van der Waals surface area contributed by atoms with E-state index < -0.39 is 11.7 Å². The van der Waals surface area contributed by atoms with E-state index in [-0.39, 0.29) is 5.54 Å². The summed E-state index contributed by atoms with van der Waals surface area (Å²) >= 11 is 3.20. The van der Waals surface area contributed by atoms with Crippen LogP contribution in [0.3, 0.4) is 0 Å². The minimum absolute atomic E-state index is 0.200. The highest BCUT2D eigenvalue weighted by atomic mass is 79.9. The molecule has 3 rings (SSSR count). The molecule has 8 heteroatoms. The van der Waals surface area contributed by atoms with Crippen molar-refractivity contribution in [1.82, 2.24) is 9.97 Å². The molecule has 0 radical (unpaired) electrons. The number of aromatic nitrogens is 2. The Morgan fingerprint density at radius 3 is 2.31 bits per heavy atom. The van der Waals surface area contributed by atoms with Crippen molar-refractivity contribution in [2.24, 2.45) is 0 Å². The van der Waals surface area contributed by atoms with Gasteiger partial charge in [-0.2, -0.15) is 18.2 Å². The van der Waals surface area contributed by atoms with Crippen LogP contribution in [0.4, 0.5) is 30.6 Å². The Labute approximate surface area is 158 Å². The van der Waals surface area contributed by atoms with E-state index in [2.05, 4.69) is 36.5 Å². The highest BCUT2D eigenvalue weighted by Crippen LogP contribution is 2.40. The molecule has 1 aromatic carbocycles. The molecule has 1 aliphatic carbocycles. The molecule has 2 N–H and O–H groups in total. The van der Waals surface area contributed by atoms with Crippen LogP contribution in [0.25, 0.3) is 0 Å². The standard InChI is InChI=1S/C18H20BrF3N4/c1-17(2,3)26-16-24-14(10-4-5-10)9-15(25-16)23-13-7-6-11(8-12(13)19)18(20,21)22/h6-10H,4-5H2,1-3H3,(H2,23,24,25,26). The van der Waals surface area contributed by atoms with E-state index in [0.29, 0.717) is 27.8 Å². The second-order valence-corrected chi connectivity index (χ2v) is 8.32. The van der Waals surface area contributed by atoms with Gasteiger partial charge in [0.2, 0.25) is 5.95 Å². The van der Waals surface area contributed by atoms with Crippen molar-refractivity contribution in [2.45, 2.75) is 51.2 Å². The van der Waals surface area contributed by atoms with E-state index in [1.807, 2.05) is 26.8 Å². The zero-order valence-corrected chi connectivity index (χ0v) is 16.3. The summed E-state index contributed by atoms with van der Waals surface area (Å²) < 4.78 is 38.8. The van der Waals surface area contributed by atoms with E-state index in [4.69, 9.17) is 0 Å². The summed E-state index contributed by atoms with van der Waals surface area (Å²) in [4.78, 5) is 9.03. The normalized spacial score (nSPS) is 15.0. The maximum absolute atomic E-state index is 12.8. The van der Waals surface area contributed by atoms with Gasteiger partial charge in [-0.1, -0.05) is 0 Å². The molecular formula is C18H20BrF3N4. The predicted molar refractivity (Wildman–Crippen MR) is 99.8 cm³/mol. The zero-order chi connectivity index (χ0) is 19.1. The third-order valence-corrected chi connectivity index (χ3v) is 4.44. The van der Waals surface area contributed by atoms with Gasteiger partial charge >= 0.3 is 6.18 Å². The van der Waals surface area contributed by atoms with Crippen LogP contribution in [0.2, 0.25) is 0 Å². The van der Waals surface area contributed by atoms with Crippen molar-refractivity contribution in [3.8, 4) is 0 Å². The molecular weight excluding hydrogens is 409 g/mol. The Bertz CT molecular complexity index is 811. The van der Waals surface area contributed by atoms with E-state index in [1.54, 1.807) is 0 Å². The van der Waals surface area contributed by atoms with Crippen LogP contribution in [0.5, 0.6) is 0 Å². The second kappa shape index (κ2) is 6.72. The molecule has 1 heterocycles. The van der Waals surface area contributed by atoms with Gasteiger partial charge in [0, 0.05) is 22.0 Å². The topological polar surface area (TPSA) is 49.8 Å². The summed E-state index contributed by atoms with van der Waals surface area (Å²) in [7, 11) is 0. The Kier molecular flexibility index (Phi) is 4.90. The van der Waals surface area contributed by atoms with Gasteiger partial charge in [-0.05, 0) is 67.7 Å². The average molecular weight is 429 g/mol. The number of nitrogens with zero attached hydrogens (tertiary/aromatic N) is 2. The van der Waals surface area contributed by atoms with Gasteiger partial charge in [0.15, 0.2) is 0 Å². The minimum atomic E-state index is -4.38. The molecule has 26 heavy (non-hydrogen) atoms. The average Bonchev–Trinajstić information content (AvgIpc) is 3.31. The number of halogens is 4. The maximum Gasteiger partial charge on any atom is 0.416 e. The highest BCUT2D eigenvalue weighted by molar-refractivity contribution is 9.10. The van der Waals surface area contributed by atoms with Crippen LogP contribution < -0.4 is 10.6 Å². The smallest absolute Gasteiger partial charge is 0.350 e. The number of hydrogen-bond acceptors (Lipinski definition) is 4. The first-order valence-electron chi connectivity index (χ1n) is 8.32. The van der Waals surface area contributed by atoms with Crippen molar-refractivity contribution >= 4 is 33.4 Å². The molecule has 140 valence electrons. The number of alkyl halides is 3. The fourth-order valence-corrected chi connectivity index (χ4v) is 2.92. The molecule has 4 nitrogen and oxygen atoms in total. The van der Waals surface area contributed by atoms with Gasteiger partial charge in [-0.15, -0.1) is 0 Å². The SMILES string of the molecule is CC(C)(C)Nc1nc(Nc2ccc(C(F)(F)F)cc2Br)cc(C2CC2)n1. The van der Waals surface area contributed by atoms with Crippen molar-refractivity contribution in [3.05, 3.63) is 40.0 Å². The van der Waals surface area contributed by atoms with Crippen molar-refractivity contribution < 1.29 is 13.2 Å². The molecule has 1 saturated carbocycles. The van der Waals surface area contributed by atoms with Crippen LogP contribution in [0.1, 0.15) is 50.8 Å². The van der Waals surface area contributed by atoms with Gasteiger partial charge in [0.25, 0.3) is 0 Å². The molecule has 0 aliphatic heterocycles. The number of rotatable bonds is 4. The maximum atomic E-state index is 12.8. The summed E-state index contributed by atoms with van der Waals surface area (Å²) in [5.41, 5.74) is 0.554. The third kappa shape index (κ3) is 4.87. The summed E-state index contributed by atoms with van der Waals surface area (Å²) in [6.07, 6.45) is -2.19. The molecule has 1 aliphatic rings.